The van der Waals surface area contributed by atoms with Gasteiger partial charge in [-0.2, -0.15) is 0 Å². The molecular formula is C21H20ClNO4. The number of carbonyl (C=O) groups excluding carboxylic acids is 1. The predicted molar refractivity (Wildman–Crippen MR) is 105 cm³/mol. The van der Waals surface area contributed by atoms with Crippen LogP contribution in [0.25, 0.3) is 6.08 Å². The van der Waals surface area contributed by atoms with Gasteiger partial charge >= 0.3 is 5.97 Å². The van der Waals surface area contributed by atoms with Gasteiger partial charge in [0.1, 0.15) is 0 Å². The van der Waals surface area contributed by atoms with Crippen molar-refractivity contribution in [2.45, 2.75) is 20.3 Å². The van der Waals surface area contributed by atoms with Gasteiger partial charge in [0.05, 0.1) is 18.2 Å². The number of hydrogen-bond acceptors (Lipinski definition) is 5. The molecule has 0 fully saturated rings. The Kier molecular flexibility index (Phi) is 6.14. The van der Waals surface area contributed by atoms with Crippen LogP contribution in [0, 0.1) is 0 Å². The van der Waals surface area contributed by atoms with E-state index in [-0.39, 0.29) is 5.70 Å². The number of nitrogens with zero attached hydrogens (tertiary/aromatic N) is 1. The van der Waals surface area contributed by atoms with Gasteiger partial charge in [-0.25, -0.2) is 9.79 Å². The highest BCUT2D eigenvalue weighted by Gasteiger charge is 2.20. The van der Waals surface area contributed by atoms with Crippen LogP contribution in [0.2, 0.25) is 5.02 Å². The lowest BCUT2D eigenvalue weighted by molar-refractivity contribution is -0.130. The van der Waals surface area contributed by atoms with Crippen molar-refractivity contribution in [3.05, 3.63) is 64.3 Å². The van der Waals surface area contributed by atoms with Crippen LogP contribution in [-0.4, -0.2) is 25.1 Å². The Balaban J connectivity index is 1.80. The number of halogens is 1. The fourth-order valence-electron chi connectivity index (χ4n) is 2.66. The van der Waals surface area contributed by atoms with Gasteiger partial charge < -0.3 is 14.2 Å². The van der Waals surface area contributed by atoms with Crippen molar-refractivity contribution in [3.8, 4) is 11.5 Å². The van der Waals surface area contributed by atoms with Gasteiger partial charge in [-0.15, -0.1) is 0 Å². The molecule has 0 N–H and O–H groups in total. The summed E-state index contributed by atoms with van der Waals surface area (Å²) in [5, 5.41) is 0.410. The normalized spacial score (nSPS) is 14.9. The van der Waals surface area contributed by atoms with E-state index in [1.54, 1.807) is 25.1 Å². The fourth-order valence-corrected chi connectivity index (χ4v) is 2.94. The summed E-state index contributed by atoms with van der Waals surface area (Å²) in [6, 6.07) is 13.6. The first-order valence-corrected chi connectivity index (χ1v) is 9.07. The quantitative estimate of drug-likeness (QED) is 0.513. The first-order chi connectivity index (χ1) is 13.1. The Morgan fingerprint density at radius 2 is 1.96 bits per heavy atom. The van der Waals surface area contributed by atoms with E-state index < -0.39 is 5.97 Å². The summed E-state index contributed by atoms with van der Waals surface area (Å²) in [7, 11) is 0. The Labute approximate surface area is 163 Å². The second kappa shape index (κ2) is 8.73. The first-order valence-electron chi connectivity index (χ1n) is 8.69. The van der Waals surface area contributed by atoms with E-state index in [0.717, 1.165) is 6.42 Å². The maximum Gasteiger partial charge on any atom is 0.363 e. The van der Waals surface area contributed by atoms with Crippen LogP contribution < -0.4 is 9.47 Å². The summed E-state index contributed by atoms with van der Waals surface area (Å²) in [6.07, 6.45) is 2.37. The molecule has 1 aliphatic heterocycles. The van der Waals surface area contributed by atoms with Crippen molar-refractivity contribution in [3.63, 3.8) is 0 Å². The standard InChI is InChI=1S/C21H20ClNO4/c1-3-25-19-13-16(12-18-21(24)27-14(2)23-18)11-17(22)20(19)26-10-9-15-7-5-4-6-8-15/h4-8,11-13H,3,9-10H2,1-2H3/b18-12+. The van der Waals surface area contributed by atoms with Gasteiger partial charge in [-0.3, -0.25) is 0 Å². The first kappa shape index (κ1) is 19.0. The third-order valence-electron chi connectivity index (χ3n) is 3.84. The summed E-state index contributed by atoms with van der Waals surface area (Å²) >= 11 is 6.42. The zero-order chi connectivity index (χ0) is 19.2. The fraction of sp³-hybridized carbons (Fsp3) is 0.238. The van der Waals surface area contributed by atoms with Gasteiger partial charge in [0.25, 0.3) is 0 Å². The Bertz CT molecular complexity index is 891. The highest BCUT2D eigenvalue weighted by molar-refractivity contribution is 6.32. The van der Waals surface area contributed by atoms with Crippen LogP contribution in [0.3, 0.4) is 0 Å². The minimum absolute atomic E-state index is 0.226. The monoisotopic (exact) mass is 385 g/mol. The number of hydrogen-bond donors (Lipinski definition) is 0. The third-order valence-corrected chi connectivity index (χ3v) is 4.12. The highest BCUT2D eigenvalue weighted by atomic mass is 35.5. The molecule has 3 rings (SSSR count). The third kappa shape index (κ3) is 4.89. The summed E-state index contributed by atoms with van der Waals surface area (Å²) in [5.74, 6) is 0.857. The number of aliphatic imine (C=N–C) groups is 1. The Hall–Kier alpha value is -2.79. The van der Waals surface area contributed by atoms with E-state index in [1.807, 2.05) is 37.3 Å². The maximum absolute atomic E-state index is 11.7. The molecule has 0 spiro atoms. The van der Waals surface area contributed by atoms with E-state index in [0.29, 0.717) is 41.2 Å². The number of cyclic esters (lactones) is 1. The molecule has 0 radical (unpaired) electrons. The van der Waals surface area contributed by atoms with E-state index in [9.17, 15) is 4.79 Å². The molecule has 0 atom stereocenters. The van der Waals surface area contributed by atoms with Crippen LogP contribution in [0.1, 0.15) is 25.0 Å². The molecule has 0 unspecified atom stereocenters. The maximum atomic E-state index is 11.7. The van der Waals surface area contributed by atoms with Crippen LogP contribution in [0.4, 0.5) is 0 Å². The molecule has 0 bridgehead atoms. The van der Waals surface area contributed by atoms with E-state index >= 15 is 0 Å². The molecule has 0 saturated heterocycles. The summed E-state index contributed by atoms with van der Waals surface area (Å²) in [5.41, 5.74) is 2.09. The molecule has 0 aliphatic carbocycles. The average Bonchev–Trinajstić information content (AvgIpc) is 2.95. The zero-order valence-corrected chi connectivity index (χ0v) is 16.0. The van der Waals surface area contributed by atoms with Crippen molar-refractivity contribution in [1.82, 2.24) is 0 Å². The van der Waals surface area contributed by atoms with Gasteiger partial charge in [0, 0.05) is 13.3 Å². The molecule has 0 amide bonds. The van der Waals surface area contributed by atoms with Crippen molar-refractivity contribution < 1.29 is 19.0 Å². The topological polar surface area (TPSA) is 57.1 Å². The van der Waals surface area contributed by atoms with Crippen molar-refractivity contribution in [2.24, 2.45) is 4.99 Å². The van der Waals surface area contributed by atoms with E-state index in [4.69, 9.17) is 25.8 Å². The Morgan fingerprint density at radius 1 is 1.19 bits per heavy atom. The lowest BCUT2D eigenvalue weighted by Gasteiger charge is -2.14. The number of esters is 1. The van der Waals surface area contributed by atoms with Gasteiger partial charge in [-0.05, 0) is 36.3 Å². The summed E-state index contributed by atoms with van der Waals surface area (Å²) in [6.45, 7) is 4.44. The smallest absolute Gasteiger partial charge is 0.363 e. The van der Waals surface area contributed by atoms with Crippen LogP contribution in [0.15, 0.2) is 53.2 Å². The molecule has 140 valence electrons. The Morgan fingerprint density at radius 3 is 2.63 bits per heavy atom. The molecule has 5 nitrogen and oxygen atoms in total. The average molecular weight is 386 g/mol. The number of ether oxygens (including phenoxy) is 3. The predicted octanol–water partition coefficient (Wildman–Crippen LogP) is 4.68. The molecule has 2 aromatic carbocycles. The summed E-state index contributed by atoms with van der Waals surface area (Å²) in [4.78, 5) is 15.8. The molecular weight excluding hydrogens is 366 g/mol. The highest BCUT2D eigenvalue weighted by Crippen LogP contribution is 2.37. The summed E-state index contributed by atoms with van der Waals surface area (Å²) < 4.78 is 16.5. The molecule has 1 aliphatic rings. The SMILES string of the molecule is CCOc1cc(/C=C2/N=C(C)OC2=O)cc(Cl)c1OCCc1ccccc1. The van der Waals surface area contributed by atoms with Crippen molar-refractivity contribution in [1.29, 1.82) is 0 Å². The van der Waals surface area contributed by atoms with Crippen LogP contribution in [-0.2, 0) is 16.0 Å². The molecule has 2 aromatic rings. The largest absolute Gasteiger partial charge is 0.490 e. The van der Waals surface area contributed by atoms with Crippen LogP contribution in [0.5, 0.6) is 11.5 Å². The second-order valence-corrected chi connectivity index (χ2v) is 6.30. The molecule has 0 aromatic heterocycles. The number of benzene rings is 2. The number of carbonyl (C=O) groups is 1. The molecule has 6 heteroatoms. The second-order valence-electron chi connectivity index (χ2n) is 5.90. The zero-order valence-electron chi connectivity index (χ0n) is 15.2. The minimum atomic E-state index is -0.482. The van der Waals surface area contributed by atoms with Crippen molar-refractivity contribution in [2.75, 3.05) is 13.2 Å². The molecule has 0 saturated carbocycles. The van der Waals surface area contributed by atoms with Gasteiger partial charge in [0.15, 0.2) is 23.1 Å². The van der Waals surface area contributed by atoms with Crippen LogP contribution >= 0.6 is 11.6 Å². The van der Waals surface area contributed by atoms with Crippen molar-refractivity contribution >= 4 is 29.5 Å². The van der Waals surface area contributed by atoms with E-state index in [1.165, 1.54) is 5.56 Å². The lowest BCUT2D eigenvalue weighted by atomic mass is 10.1. The van der Waals surface area contributed by atoms with E-state index in [2.05, 4.69) is 4.99 Å². The minimum Gasteiger partial charge on any atom is -0.490 e. The lowest BCUT2D eigenvalue weighted by Crippen LogP contribution is -2.04. The van der Waals surface area contributed by atoms with Gasteiger partial charge in [0.2, 0.25) is 0 Å². The van der Waals surface area contributed by atoms with Gasteiger partial charge in [-0.1, -0.05) is 41.9 Å². The molecule has 27 heavy (non-hydrogen) atoms. The molecule has 1 heterocycles. The number of rotatable bonds is 7.